The van der Waals surface area contributed by atoms with Gasteiger partial charge in [-0.05, 0) is 30.7 Å². The predicted octanol–water partition coefficient (Wildman–Crippen LogP) is 0.805. The zero-order valence-electron chi connectivity index (χ0n) is 16.2. The Morgan fingerprint density at radius 1 is 1.11 bits per heavy atom. The molecule has 0 aliphatic rings. The maximum Gasteiger partial charge on any atom is 0.414 e. The van der Waals surface area contributed by atoms with E-state index in [0.29, 0.717) is 25.4 Å². The number of hydrogen-bond donors (Lipinski definition) is 5. The van der Waals surface area contributed by atoms with E-state index < -0.39 is 18.0 Å². The molecule has 0 fully saturated rings. The summed E-state index contributed by atoms with van der Waals surface area (Å²) in [6.45, 7) is 5.12. The Labute approximate surface area is 164 Å². The summed E-state index contributed by atoms with van der Waals surface area (Å²) in [5.74, 6) is 1.55. The lowest BCUT2D eigenvalue weighted by atomic mass is 9.93. The summed E-state index contributed by atoms with van der Waals surface area (Å²) in [6.07, 6.45) is 1.17. The average molecular weight is 398 g/mol. The number of hydrazine groups is 1. The van der Waals surface area contributed by atoms with Crippen LogP contribution in [0.5, 0.6) is 0 Å². The molecular formula is C19H30N2O7. The fourth-order valence-corrected chi connectivity index (χ4v) is 2.23. The van der Waals surface area contributed by atoms with Gasteiger partial charge in [0.05, 0.1) is 12.7 Å². The number of carboxylic acids is 2. The first kappa shape index (κ1) is 25.5. The number of rotatable bonds is 10. The van der Waals surface area contributed by atoms with Gasteiger partial charge in [0.1, 0.15) is 0 Å². The number of benzene rings is 1. The summed E-state index contributed by atoms with van der Waals surface area (Å²) in [5.41, 5.74) is 3.23. The van der Waals surface area contributed by atoms with Gasteiger partial charge in [-0.25, -0.2) is 15.4 Å². The summed E-state index contributed by atoms with van der Waals surface area (Å²) in [7, 11) is 0. The number of aliphatic hydroxyl groups is 1. The van der Waals surface area contributed by atoms with Crippen LogP contribution in [0.2, 0.25) is 0 Å². The van der Waals surface area contributed by atoms with Crippen molar-refractivity contribution in [1.29, 1.82) is 0 Å². The maximum absolute atomic E-state index is 11.9. The Balaban J connectivity index is 0.00000105. The minimum absolute atomic E-state index is 0.246. The molecule has 0 spiro atoms. The van der Waals surface area contributed by atoms with Crippen LogP contribution in [0.3, 0.4) is 0 Å². The number of hydrogen-bond acceptors (Lipinski definition) is 6. The smallest absolute Gasteiger partial charge is 0.414 e. The van der Waals surface area contributed by atoms with Crippen molar-refractivity contribution in [3.63, 3.8) is 0 Å². The van der Waals surface area contributed by atoms with Crippen LogP contribution in [-0.2, 0) is 25.5 Å². The van der Waals surface area contributed by atoms with Crippen LogP contribution in [0.1, 0.15) is 32.3 Å². The molecule has 28 heavy (non-hydrogen) atoms. The minimum atomic E-state index is -1.82. The van der Waals surface area contributed by atoms with E-state index in [1.807, 2.05) is 30.3 Å². The zero-order valence-corrected chi connectivity index (χ0v) is 16.2. The number of aliphatic hydroxyl groups excluding tert-OH is 1. The summed E-state index contributed by atoms with van der Waals surface area (Å²) in [6, 6.07) is 9.71. The Kier molecular flexibility index (Phi) is 13.3. The van der Waals surface area contributed by atoms with Gasteiger partial charge in [-0.2, -0.15) is 0 Å². The van der Waals surface area contributed by atoms with Gasteiger partial charge in [0, 0.05) is 12.5 Å². The molecule has 2 atom stereocenters. The van der Waals surface area contributed by atoms with Crippen LogP contribution in [-0.4, -0.2) is 52.5 Å². The Morgan fingerprint density at radius 3 is 2.14 bits per heavy atom. The zero-order chi connectivity index (χ0) is 21.5. The third-order valence-electron chi connectivity index (χ3n) is 3.73. The van der Waals surface area contributed by atoms with Crippen LogP contribution in [0.25, 0.3) is 0 Å². The first-order valence-electron chi connectivity index (χ1n) is 8.93. The molecule has 2 unspecified atom stereocenters. The van der Waals surface area contributed by atoms with Gasteiger partial charge in [0.25, 0.3) is 0 Å². The molecule has 1 rings (SSSR count). The molecule has 9 nitrogen and oxygen atoms in total. The van der Waals surface area contributed by atoms with Gasteiger partial charge in [0.15, 0.2) is 0 Å². The summed E-state index contributed by atoms with van der Waals surface area (Å²) in [4.78, 5) is 30.1. The molecule has 6 N–H and O–H groups in total. The number of amides is 1. The fraction of sp³-hybridized carbons (Fsp3) is 0.526. The second kappa shape index (κ2) is 14.6. The van der Waals surface area contributed by atoms with Crippen molar-refractivity contribution in [3.8, 4) is 0 Å². The first-order chi connectivity index (χ1) is 13.2. The number of ether oxygens (including phenoxy) is 1. The summed E-state index contributed by atoms with van der Waals surface area (Å²) in [5, 5.41) is 24.8. The number of carbonyl (C=O) groups is 3. The number of nitrogens with one attached hydrogen (secondary N) is 1. The maximum atomic E-state index is 11.9. The normalized spacial score (nSPS) is 12.5. The molecule has 0 saturated heterocycles. The van der Waals surface area contributed by atoms with Crippen LogP contribution >= 0.6 is 0 Å². The molecule has 1 aromatic carbocycles. The van der Waals surface area contributed by atoms with Gasteiger partial charge in [-0.15, -0.1) is 0 Å². The molecule has 0 aliphatic heterocycles. The molecule has 0 saturated carbocycles. The molecular weight excluding hydrogens is 368 g/mol. The molecule has 0 aromatic heterocycles. The van der Waals surface area contributed by atoms with Crippen LogP contribution in [0, 0.1) is 11.8 Å². The highest BCUT2D eigenvalue weighted by molar-refractivity contribution is 6.27. The lowest BCUT2D eigenvalue weighted by molar-refractivity contribution is -0.159. The van der Waals surface area contributed by atoms with Gasteiger partial charge in [-0.1, -0.05) is 44.2 Å². The van der Waals surface area contributed by atoms with E-state index in [4.69, 9.17) is 30.4 Å². The highest BCUT2D eigenvalue weighted by Gasteiger charge is 2.22. The number of nitrogens with two attached hydrogens (primary N) is 1. The Bertz CT molecular complexity index is 581. The molecule has 0 radical (unpaired) electrons. The van der Waals surface area contributed by atoms with Crippen LogP contribution in [0.4, 0.5) is 0 Å². The van der Waals surface area contributed by atoms with Crippen molar-refractivity contribution in [3.05, 3.63) is 35.9 Å². The fourth-order valence-electron chi connectivity index (χ4n) is 2.23. The van der Waals surface area contributed by atoms with E-state index in [1.54, 1.807) is 0 Å². The highest BCUT2D eigenvalue weighted by Crippen LogP contribution is 2.15. The quantitative estimate of drug-likeness (QED) is 0.127. The van der Waals surface area contributed by atoms with Gasteiger partial charge >= 0.3 is 11.9 Å². The SMILES string of the molecule is CC(C)CCOCC(O)CC(Cc1ccccc1)C(=O)NN.O=C(O)C(=O)O. The minimum Gasteiger partial charge on any atom is -0.473 e. The molecule has 9 heteroatoms. The van der Waals surface area contributed by atoms with Crippen LogP contribution < -0.4 is 11.3 Å². The first-order valence-corrected chi connectivity index (χ1v) is 8.93. The number of carbonyl (C=O) groups excluding carboxylic acids is 1. The van der Waals surface area contributed by atoms with Gasteiger partial charge in [0.2, 0.25) is 5.91 Å². The topological polar surface area (TPSA) is 159 Å². The van der Waals surface area contributed by atoms with E-state index in [-0.39, 0.29) is 18.4 Å². The molecule has 0 aliphatic carbocycles. The van der Waals surface area contributed by atoms with E-state index in [2.05, 4.69) is 19.3 Å². The van der Waals surface area contributed by atoms with Gasteiger partial charge in [-0.3, -0.25) is 10.2 Å². The summed E-state index contributed by atoms with van der Waals surface area (Å²) < 4.78 is 5.46. The Hall–Kier alpha value is -2.49. The number of carboxylic acid groups (broad SMARTS) is 2. The third kappa shape index (κ3) is 12.8. The van der Waals surface area contributed by atoms with E-state index in [1.165, 1.54) is 0 Å². The largest absolute Gasteiger partial charge is 0.473 e. The standard InChI is InChI=1S/C17H28N2O3.C2H2O4/c1-13(2)8-9-22-12-16(20)11-15(17(21)19-18)10-14-6-4-3-5-7-14;3-1(4)2(5)6/h3-7,13,15-16,20H,8-12,18H2,1-2H3,(H,19,21);(H,3,4)(H,5,6). The third-order valence-corrected chi connectivity index (χ3v) is 3.73. The Morgan fingerprint density at radius 2 is 1.68 bits per heavy atom. The predicted molar refractivity (Wildman–Crippen MR) is 102 cm³/mol. The molecule has 1 amide bonds. The lowest BCUT2D eigenvalue weighted by Gasteiger charge is -2.19. The van der Waals surface area contributed by atoms with E-state index in [9.17, 15) is 9.90 Å². The van der Waals surface area contributed by atoms with Crippen LogP contribution in [0.15, 0.2) is 30.3 Å². The van der Waals surface area contributed by atoms with Crippen molar-refractivity contribution < 1.29 is 34.4 Å². The van der Waals surface area contributed by atoms with Crippen molar-refractivity contribution in [2.45, 2.75) is 39.2 Å². The lowest BCUT2D eigenvalue weighted by Crippen LogP contribution is -2.39. The van der Waals surface area contributed by atoms with Crippen molar-refractivity contribution in [2.75, 3.05) is 13.2 Å². The van der Waals surface area contributed by atoms with E-state index >= 15 is 0 Å². The van der Waals surface area contributed by atoms with Crippen molar-refractivity contribution >= 4 is 17.8 Å². The second-order valence-electron chi connectivity index (χ2n) is 6.65. The number of aliphatic carboxylic acids is 2. The highest BCUT2D eigenvalue weighted by atomic mass is 16.5. The van der Waals surface area contributed by atoms with Crippen molar-refractivity contribution in [2.24, 2.45) is 17.7 Å². The molecule has 158 valence electrons. The van der Waals surface area contributed by atoms with E-state index in [0.717, 1.165) is 12.0 Å². The molecule has 0 heterocycles. The monoisotopic (exact) mass is 398 g/mol. The summed E-state index contributed by atoms with van der Waals surface area (Å²) >= 11 is 0. The van der Waals surface area contributed by atoms with Crippen molar-refractivity contribution in [1.82, 2.24) is 5.43 Å². The van der Waals surface area contributed by atoms with Gasteiger partial charge < -0.3 is 20.1 Å². The average Bonchev–Trinajstić information content (AvgIpc) is 2.65. The molecule has 1 aromatic rings. The molecule has 0 bridgehead atoms. The second-order valence-corrected chi connectivity index (χ2v) is 6.65.